The minimum atomic E-state index is -0.506. The molecular formula is C14H14ClN3O3. The number of esters is 1. The van der Waals surface area contributed by atoms with Gasteiger partial charge < -0.3 is 15.4 Å². The van der Waals surface area contributed by atoms with E-state index in [1.54, 1.807) is 18.2 Å². The van der Waals surface area contributed by atoms with E-state index in [4.69, 9.17) is 17.3 Å². The number of nitrogen functional groups attached to an aromatic ring is 1. The van der Waals surface area contributed by atoms with E-state index in [2.05, 4.69) is 9.72 Å². The minimum Gasteiger partial charge on any atom is -0.468 e. The number of anilines is 1. The molecule has 1 aromatic heterocycles. The van der Waals surface area contributed by atoms with Crippen molar-refractivity contribution in [1.29, 1.82) is 0 Å². The number of fused-ring (bicyclic) bond motifs is 1. The van der Waals surface area contributed by atoms with Crippen LogP contribution in [-0.4, -0.2) is 42.5 Å². The van der Waals surface area contributed by atoms with Gasteiger partial charge in [-0.1, -0.05) is 17.7 Å². The summed E-state index contributed by atoms with van der Waals surface area (Å²) in [6, 6.07) is 4.98. The third-order valence-electron chi connectivity index (χ3n) is 3.08. The first-order valence-electron chi connectivity index (χ1n) is 6.10. The molecule has 0 aliphatic carbocycles. The smallest absolute Gasteiger partial charge is 0.325 e. The molecule has 0 aliphatic rings. The molecule has 2 rings (SSSR count). The second-order valence-electron chi connectivity index (χ2n) is 4.45. The van der Waals surface area contributed by atoms with Crippen LogP contribution < -0.4 is 5.73 Å². The van der Waals surface area contributed by atoms with E-state index in [0.29, 0.717) is 21.5 Å². The summed E-state index contributed by atoms with van der Waals surface area (Å²) in [6.07, 6.45) is 1.48. The van der Waals surface area contributed by atoms with Crippen LogP contribution in [0.1, 0.15) is 10.5 Å². The van der Waals surface area contributed by atoms with Gasteiger partial charge in [-0.25, -0.2) is 0 Å². The molecular weight excluding hydrogens is 294 g/mol. The lowest BCUT2D eigenvalue weighted by molar-refractivity contribution is -0.141. The summed E-state index contributed by atoms with van der Waals surface area (Å²) in [5, 5.41) is 1.64. The summed E-state index contributed by atoms with van der Waals surface area (Å²) >= 11 is 5.97. The number of methoxy groups -OCH3 is 1. The summed E-state index contributed by atoms with van der Waals surface area (Å²) < 4.78 is 4.54. The zero-order valence-corrected chi connectivity index (χ0v) is 12.3. The lowest BCUT2D eigenvalue weighted by atomic mass is 10.1. The maximum atomic E-state index is 12.4. The Bertz CT molecular complexity index is 718. The number of carbonyl (C=O) groups is 2. The monoisotopic (exact) mass is 307 g/mol. The zero-order valence-electron chi connectivity index (χ0n) is 11.6. The lowest BCUT2D eigenvalue weighted by Crippen LogP contribution is -2.33. The van der Waals surface area contributed by atoms with Crippen molar-refractivity contribution < 1.29 is 14.3 Å². The molecule has 7 heteroatoms. The maximum absolute atomic E-state index is 12.4. The van der Waals surface area contributed by atoms with Crippen molar-refractivity contribution in [3.8, 4) is 0 Å². The number of hydrogen-bond acceptors (Lipinski definition) is 5. The Hall–Kier alpha value is -2.34. The highest BCUT2D eigenvalue weighted by atomic mass is 35.5. The van der Waals surface area contributed by atoms with Gasteiger partial charge in [-0.3, -0.25) is 14.6 Å². The number of likely N-dealkylation sites (N-methyl/N-ethyl adjacent to an activating group) is 1. The quantitative estimate of drug-likeness (QED) is 0.689. The number of aromatic nitrogens is 1. The highest BCUT2D eigenvalue weighted by Crippen LogP contribution is 2.29. The zero-order chi connectivity index (χ0) is 15.6. The van der Waals surface area contributed by atoms with E-state index >= 15 is 0 Å². The first kappa shape index (κ1) is 15.1. The molecule has 0 saturated carbocycles. The molecule has 0 radical (unpaired) electrons. The van der Waals surface area contributed by atoms with Gasteiger partial charge in [0.15, 0.2) is 0 Å². The molecule has 0 atom stereocenters. The molecule has 1 amide bonds. The van der Waals surface area contributed by atoms with Crippen molar-refractivity contribution in [1.82, 2.24) is 9.88 Å². The van der Waals surface area contributed by atoms with Crippen molar-refractivity contribution in [3.05, 3.63) is 35.1 Å². The Labute approximate surface area is 126 Å². The molecule has 0 aliphatic heterocycles. The van der Waals surface area contributed by atoms with E-state index in [-0.39, 0.29) is 12.2 Å². The molecule has 110 valence electrons. The predicted octanol–water partition coefficient (Wildman–Crippen LogP) is 1.72. The number of rotatable bonds is 3. The van der Waals surface area contributed by atoms with Crippen molar-refractivity contribution in [2.75, 3.05) is 26.4 Å². The first-order valence-corrected chi connectivity index (χ1v) is 6.48. The van der Waals surface area contributed by atoms with Crippen LogP contribution in [0.4, 0.5) is 5.69 Å². The van der Waals surface area contributed by atoms with Crippen molar-refractivity contribution in [3.63, 3.8) is 0 Å². The predicted molar refractivity (Wildman–Crippen MR) is 80.1 cm³/mol. The fraction of sp³-hybridized carbons (Fsp3) is 0.214. The molecule has 21 heavy (non-hydrogen) atoms. The standard InChI is InChI=1S/C14H14ClN3O3/c1-18(7-11(19)21-2)14(20)13-9-3-4-10(15)12(16)8(9)5-6-17-13/h3-6H,7,16H2,1-2H3. The Balaban J connectivity index is 2.45. The van der Waals surface area contributed by atoms with Crippen molar-refractivity contribution in [2.45, 2.75) is 0 Å². The van der Waals surface area contributed by atoms with Gasteiger partial charge in [0.1, 0.15) is 12.2 Å². The molecule has 2 aromatic rings. The summed E-state index contributed by atoms with van der Waals surface area (Å²) in [5.74, 6) is -0.902. The molecule has 0 saturated heterocycles. The summed E-state index contributed by atoms with van der Waals surface area (Å²) in [4.78, 5) is 29.0. The maximum Gasteiger partial charge on any atom is 0.325 e. The van der Waals surface area contributed by atoms with E-state index < -0.39 is 11.9 Å². The van der Waals surface area contributed by atoms with Crippen LogP contribution >= 0.6 is 11.6 Å². The normalized spacial score (nSPS) is 10.4. The number of pyridine rings is 1. The van der Waals surface area contributed by atoms with Crippen molar-refractivity contribution >= 4 is 39.9 Å². The number of benzene rings is 1. The SMILES string of the molecule is COC(=O)CN(C)C(=O)c1nccc2c(N)c(Cl)ccc12. The molecule has 0 fully saturated rings. The average Bonchev–Trinajstić information content (AvgIpc) is 2.49. The van der Waals surface area contributed by atoms with E-state index in [0.717, 1.165) is 0 Å². The van der Waals surface area contributed by atoms with Crippen LogP contribution in [0.5, 0.6) is 0 Å². The first-order chi connectivity index (χ1) is 9.95. The van der Waals surface area contributed by atoms with E-state index in [1.165, 1.54) is 25.3 Å². The average molecular weight is 308 g/mol. The fourth-order valence-corrected chi connectivity index (χ4v) is 2.10. The topological polar surface area (TPSA) is 85.5 Å². The summed E-state index contributed by atoms with van der Waals surface area (Å²) in [7, 11) is 2.76. The van der Waals surface area contributed by atoms with Gasteiger partial charge in [0.2, 0.25) is 0 Å². The number of halogens is 1. The summed E-state index contributed by atoms with van der Waals surface area (Å²) in [6.45, 7) is -0.156. The largest absolute Gasteiger partial charge is 0.468 e. The van der Waals surface area contributed by atoms with E-state index in [1.807, 2.05) is 0 Å². The molecule has 6 nitrogen and oxygen atoms in total. The van der Waals surface area contributed by atoms with Gasteiger partial charge in [-0.15, -0.1) is 0 Å². The van der Waals surface area contributed by atoms with Gasteiger partial charge in [0.25, 0.3) is 5.91 Å². The Morgan fingerprint density at radius 3 is 2.71 bits per heavy atom. The van der Waals surface area contributed by atoms with Gasteiger partial charge >= 0.3 is 5.97 Å². The second kappa shape index (κ2) is 5.97. The number of nitrogens with two attached hydrogens (primary N) is 1. The molecule has 1 aromatic carbocycles. The van der Waals surface area contributed by atoms with Crippen LogP contribution in [0.2, 0.25) is 5.02 Å². The fourth-order valence-electron chi connectivity index (χ4n) is 1.93. The Kier molecular flexibility index (Phi) is 4.28. The third kappa shape index (κ3) is 2.90. The number of nitrogens with zero attached hydrogens (tertiary/aromatic N) is 2. The number of amides is 1. The van der Waals surface area contributed by atoms with E-state index in [9.17, 15) is 9.59 Å². The molecule has 1 heterocycles. The van der Waals surface area contributed by atoms with Gasteiger partial charge in [-0.05, 0) is 12.1 Å². The highest BCUT2D eigenvalue weighted by Gasteiger charge is 2.19. The van der Waals surface area contributed by atoms with Gasteiger partial charge in [0, 0.05) is 24.0 Å². The minimum absolute atomic E-state index is 0.156. The van der Waals surface area contributed by atoms with Crippen LogP contribution in [0.3, 0.4) is 0 Å². The van der Waals surface area contributed by atoms with Gasteiger partial charge in [-0.2, -0.15) is 0 Å². The molecule has 0 unspecified atom stereocenters. The van der Waals surface area contributed by atoms with Crippen LogP contribution in [0.25, 0.3) is 10.8 Å². The number of hydrogen-bond donors (Lipinski definition) is 1. The molecule has 0 bridgehead atoms. The number of carbonyl (C=O) groups excluding carboxylic acids is 2. The molecule has 0 spiro atoms. The lowest BCUT2D eigenvalue weighted by Gasteiger charge is -2.16. The van der Waals surface area contributed by atoms with Crippen molar-refractivity contribution in [2.24, 2.45) is 0 Å². The Morgan fingerprint density at radius 2 is 2.05 bits per heavy atom. The van der Waals surface area contributed by atoms with Crippen LogP contribution in [0.15, 0.2) is 24.4 Å². The summed E-state index contributed by atoms with van der Waals surface area (Å²) in [5.41, 5.74) is 6.51. The van der Waals surface area contributed by atoms with Crippen LogP contribution in [-0.2, 0) is 9.53 Å². The van der Waals surface area contributed by atoms with Crippen LogP contribution in [0, 0.1) is 0 Å². The highest BCUT2D eigenvalue weighted by molar-refractivity contribution is 6.34. The van der Waals surface area contributed by atoms with Gasteiger partial charge in [0.05, 0.1) is 17.8 Å². The molecule has 2 N–H and O–H groups in total. The number of ether oxygens (including phenoxy) is 1. The Morgan fingerprint density at radius 1 is 1.33 bits per heavy atom. The third-order valence-corrected chi connectivity index (χ3v) is 3.41. The second-order valence-corrected chi connectivity index (χ2v) is 4.86.